The summed E-state index contributed by atoms with van der Waals surface area (Å²) in [6.07, 6.45) is 3.56. The fraction of sp³-hybridized carbons (Fsp3) is 0.500. The Morgan fingerprint density at radius 1 is 1.24 bits per heavy atom. The number of aryl methyl sites for hydroxylation is 1. The van der Waals surface area contributed by atoms with Gasteiger partial charge in [-0.05, 0) is 18.4 Å². The van der Waals surface area contributed by atoms with E-state index in [0.29, 0.717) is 6.54 Å². The Morgan fingerprint density at radius 2 is 2.00 bits per heavy atom. The van der Waals surface area contributed by atoms with Crippen LogP contribution in [-0.2, 0) is 23.7 Å². The zero-order valence-corrected chi connectivity index (χ0v) is 14.9. The summed E-state index contributed by atoms with van der Waals surface area (Å²) in [5, 5.41) is 10.9. The Bertz CT molecular complexity index is 691. The summed E-state index contributed by atoms with van der Waals surface area (Å²) < 4.78 is 7.35. The van der Waals surface area contributed by atoms with Crippen molar-refractivity contribution in [2.75, 3.05) is 26.8 Å². The molecular formula is C18H26N6O. The monoisotopic (exact) mass is 342 g/mol. The summed E-state index contributed by atoms with van der Waals surface area (Å²) in [6.45, 7) is 2.99. The van der Waals surface area contributed by atoms with E-state index in [1.807, 2.05) is 7.05 Å². The fourth-order valence-corrected chi connectivity index (χ4v) is 3.24. The first-order valence-electron chi connectivity index (χ1n) is 8.64. The van der Waals surface area contributed by atoms with Crippen molar-refractivity contribution in [1.82, 2.24) is 25.4 Å². The van der Waals surface area contributed by atoms with Crippen molar-refractivity contribution in [3.8, 4) is 0 Å². The Balaban J connectivity index is 1.64. The molecule has 25 heavy (non-hydrogen) atoms. The predicted octanol–water partition coefficient (Wildman–Crippen LogP) is 1.23. The zero-order chi connectivity index (χ0) is 17.5. The maximum atomic E-state index is 5.60. The van der Waals surface area contributed by atoms with Crippen LogP contribution in [0.25, 0.3) is 0 Å². The van der Waals surface area contributed by atoms with Gasteiger partial charge in [-0.2, -0.15) is 5.10 Å². The molecular weight excluding hydrogens is 316 g/mol. The van der Waals surface area contributed by atoms with E-state index in [2.05, 4.69) is 56.0 Å². The molecule has 0 unspecified atom stereocenters. The summed E-state index contributed by atoms with van der Waals surface area (Å²) in [7, 11) is 3.66. The molecule has 2 aromatic rings. The van der Waals surface area contributed by atoms with Gasteiger partial charge in [-0.15, -0.1) is 0 Å². The number of ether oxygens (including phenoxy) is 1. The van der Waals surface area contributed by atoms with E-state index in [-0.39, 0.29) is 5.41 Å². The minimum Gasteiger partial charge on any atom is -0.381 e. The van der Waals surface area contributed by atoms with E-state index in [0.717, 1.165) is 44.4 Å². The third-order valence-corrected chi connectivity index (χ3v) is 4.87. The predicted molar refractivity (Wildman–Crippen MR) is 97.4 cm³/mol. The molecule has 7 nitrogen and oxygen atoms in total. The summed E-state index contributed by atoms with van der Waals surface area (Å²) in [4.78, 5) is 8.56. The van der Waals surface area contributed by atoms with Gasteiger partial charge >= 0.3 is 0 Å². The number of aliphatic imine (C=N–C) groups is 1. The molecule has 0 spiro atoms. The average Bonchev–Trinajstić information content (AvgIpc) is 3.08. The lowest BCUT2D eigenvalue weighted by Gasteiger charge is -2.38. The molecule has 3 rings (SSSR count). The van der Waals surface area contributed by atoms with E-state index in [1.54, 1.807) is 18.1 Å². The molecule has 2 heterocycles. The van der Waals surface area contributed by atoms with Gasteiger partial charge in [0.2, 0.25) is 0 Å². The number of benzene rings is 1. The maximum absolute atomic E-state index is 5.60. The second-order valence-corrected chi connectivity index (χ2v) is 6.34. The van der Waals surface area contributed by atoms with Gasteiger partial charge in [0.05, 0.1) is 6.54 Å². The van der Waals surface area contributed by atoms with Gasteiger partial charge in [0.15, 0.2) is 5.96 Å². The van der Waals surface area contributed by atoms with Crippen LogP contribution in [0.2, 0.25) is 0 Å². The van der Waals surface area contributed by atoms with Crippen LogP contribution in [0.3, 0.4) is 0 Å². The number of nitrogens with one attached hydrogen (secondary N) is 2. The largest absolute Gasteiger partial charge is 0.381 e. The third kappa shape index (κ3) is 4.17. The van der Waals surface area contributed by atoms with Gasteiger partial charge < -0.3 is 15.4 Å². The van der Waals surface area contributed by atoms with Crippen LogP contribution in [0.4, 0.5) is 0 Å². The van der Waals surface area contributed by atoms with E-state index < -0.39 is 0 Å². The Morgan fingerprint density at radius 3 is 2.64 bits per heavy atom. The molecule has 0 radical (unpaired) electrons. The summed E-state index contributed by atoms with van der Waals surface area (Å²) in [6, 6.07) is 10.7. The van der Waals surface area contributed by atoms with Gasteiger partial charge in [0.1, 0.15) is 12.2 Å². The molecule has 0 saturated carbocycles. The molecule has 134 valence electrons. The minimum absolute atomic E-state index is 0.0713. The van der Waals surface area contributed by atoms with Gasteiger partial charge in [-0.3, -0.25) is 9.67 Å². The van der Waals surface area contributed by atoms with Crippen molar-refractivity contribution in [3.63, 3.8) is 0 Å². The second kappa shape index (κ2) is 8.11. The number of hydrogen-bond donors (Lipinski definition) is 2. The normalized spacial score (nSPS) is 17.3. The van der Waals surface area contributed by atoms with Gasteiger partial charge in [-0.25, -0.2) is 4.98 Å². The topological polar surface area (TPSA) is 76.4 Å². The highest BCUT2D eigenvalue weighted by atomic mass is 16.5. The maximum Gasteiger partial charge on any atom is 0.191 e. The molecule has 2 N–H and O–H groups in total. The molecule has 1 aromatic heterocycles. The molecule has 1 aliphatic rings. The van der Waals surface area contributed by atoms with Crippen molar-refractivity contribution >= 4 is 5.96 Å². The number of guanidine groups is 1. The molecule has 1 saturated heterocycles. The lowest BCUT2D eigenvalue weighted by molar-refractivity contribution is 0.0514. The highest BCUT2D eigenvalue weighted by Crippen LogP contribution is 2.34. The van der Waals surface area contributed by atoms with Crippen molar-refractivity contribution < 1.29 is 4.74 Å². The number of hydrogen-bond acceptors (Lipinski definition) is 4. The first-order valence-corrected chi connectivity index (χ1v) is 8.64. The Hall–Kier alpha value is -2.41. The van der Waals surface area contributed by atoms with E-state index in [4.69, 9.17) is 4.74 Å². The summed E-state index contributed by atoms with van der Waals surface area (Å²) >= 11 is 0. The van der Waals surface area contributed by atoms with E-state index in [9.17, 15) is 0 Å². The van der Waals surface area contributed by atoms with E-state index >= 15 is 0 Å². The molecule has 0 bridgehead atoms. The SMILES string of the molecule is CN=C(NCc1ncnn1C)NCC1(c2ccccc2)CCOCC1. The quantitative estimate of drug-likeness (QED) is 0.631. The minimum atomic E-state index is 0.0713. The highest BCUT2D eigenvalue weighted by molar-refractivity contribution is 5.79. The van der Waals surface area contributed by atoms with Crippen LogP contribution in [0, 0.1) is 0 Å². The van der Waals surface area contributed by atoms with Gasteiger partial charge in [-0.1, -0.05) is 30.3 Å². The van der Waals surface area contributed by atoms with Crippen molar-refractivity contribution in [2.24, 2.45) is 12.0 Å². The number of nitrogens with zero attached hydrogens (tertiary/aromatic N) is 4. The lowest BCUT2D eigenvalue weighted by atomic mass is 9.74. The molecule has 1 aromatic carbocycles. The molecule has 0 amide bonds. The number of rotatable bonds is 5. The zero-order valence-electron chi connectivity index (χ0n) is 14.9. The first kappa shape index (κ1) is 17.4. The van der Waals surface area contributed by atoms with Crippen LogP contribution < -0.4 is 10.6 Å². The van der Waals surface area contributed by atoms with Gasteiger partial charge in [0, 0.05) is 39.3 Å². The summed E-state index contributed by atoms with van der Waals surface area (Å²) in [5.74, 6) is 1.64. The van der Waals surface area contributed by atoms with E-state index in [1.165, 1.54) is 5.56 Å². The smallest absolute Gasteiger partial charge is 0.191 e. The Kier molecular flexibility index (Phi) is 5.65. The fourth-order valence-electron chi connectivity index (χ4n) is 3.24. The lowest BCUT2D eigenvalue weighted by Crippen LogP contribution is -2.48. The van der Waals surface area contributed by atoms with Gasteiger partial charge in [0.25, 0.3) is 0 Å². The second-order valence-electron chi connectivity index (χ2n) is 6.34. The van der Waals surface area contributed by atoms with Crippen LogP contribution in [0.5, 0.6) is 0 Å². The van der Waals surface area contributed by atoms with Crippen LogP contribution in [-0.4, -0.2) is 47.5 Å². The first-order chi connectivity index (χ1) is 12.2. The standard InChI is InChI=1S/C18H26N6O/c1-19-17(20-12-16-22-14-23-24(16)2)21-13-18(8-10-25-11-9-18)15-6-4-3-5-7-15/h3-7,14H,8-13H2,1-2H3,(H2,19,20,21). The molecule has 1 aliphatic heterocycles. The average molecular weight is 342 g/mol. The molecule has 1 fully saturated rings. The Labute approximate surface area is 148 Å². The third-order valence-electron chi connectivity index (χ3n) is 4.87. The summed E-state index contributed by atoms with van der Waals surface area (Å²) in [5.41, 5.74) is 1.43. The van der Waals surface area contributed by atoms with Crippen molar-refractivity contribution in [2.45, 2.75) is 24.8 Å². The molecule has 0 aliphatic carbocycles. The van der Waals surface area contributed by atoms with Crippen LogP contribution in [0.1, 0.15) is 24.2 Å². The van der Waals surface area contributed by atoms with Crippen LogP contribution in [0.15, 0.2) is 41.7 Å². The molecule has 7 heteroatoms. The van der Waals surface area contributed by atoms with Crippen LogP contribution >= 0.6 is 0 Å². The number of aromatic nitrogens is 3. The highest BCUT2D eigenvalue weighted by Gasteiger charge is 2.34. The molecule has 0 atom stereocenters. The van der Waals surface area contributed by atoms with Crippen molar-refractivity contribution in [1.29, 1.82) is 0 Å². The van der Waals surface area contributed by atoms with Crippen molar-refractivity contribution in [3.05, 3.63) is 48.0 Å².